The van der Waals surface area contributed by atoms with Crippen molar-refractivity contribution in [3.8, 4) is 0 Å². The van der Waals surface area contributed by atoms with E-state index in [1.165, 1.54) is 6.07 Å². The Bertz CT molecular complexity index is 434. The molecule has 0 saturated heterocycles. The lowest BCUT2D eigenvalue weighted by Gasteiger charge is -2.15. The molecule has 2 N–H and O–H groups in total. The number of hydrogen-bond donors (Lipinski definition) is 2. The van der Waals surface area contributed by atoms with Gasteiger partial charge in [-0.05, 0) is 11.6 Å². The second-order valence-electron chi connectivity index (χ2n) is 4.06. The number of aliphatic hydroxyl groups is 1. The number of guanidine groups is 1. The SMILES string of the molecule is CN1CCN=C1NCc1ccc(CO)c(F)c1. The van der Waals surface area contributed by atoms with Gasteiger partial charge in [0.25, 0.3) is 0 Å². The second kappa shape index (κ2) is 5.14. The monoisotopic (exact) mass is 237 g/mol. The molecular formula is C12H16FN3O. The number of benzene rings is 1. The van der Waals surface area contributed by atoms with Crippen LogP contribution in [0.3, 0.4) is 0 Å². The predicted octanol–water partition coefficient (Wildman–Crippen LogP) is 0.709. The number of likely N-dealkylation sites (N-methyl/N-ethyl adjacent to an activating group) is 1. The van der Waals surface area contributed by atoms with Gasteiger partial charge in [0, 0.05) is 25.7 Å². The van der Waals surface area contributed by atoms with Crippen molar-refractivity contribution in [2.45, 2.75) is 13.2 Å². The lowest BCUT2D eigenvalue weighted by Crippen LogP contribution is -2.35. The highest BCUT2D eigenvalue weighted by molar-refractivity contribution is 5.81. The van der Waals surface area contributed by atoms with Crippen molar-refractivity contribution in [2.75, 3.05) is 20.1 Å². The van der Waals surface area contributed by atoms with Gasteiger partial charge in [-0.3, -0.25) is 4.99 Å². The summed E-state index contributed by atoms with van der Waals surface area (Å²) in [6.45, 7) is 1.98. The lowest BCUT2D eigenvalue weighted by molar-refractivity contribution is 0.275. The van der Waals surface area contributed by atoms with Gasteiger partial charge >= 0.3 is 0 Å². The summed E-state index contributed by atoms with van der Waals surface area (Å²) in [6.07, 6.45) is 0. The van der Waals surface area contributed by atoms with Gasteiger partial charge in [0.05, 0.1) is 13.2 Å². The molecule has 0 amide bonds. The van der Waals surface area contributed by atoms with Crippen LogP contribution < -0.4 is 5.32 Å². The van der Waals surface area contributed by atoms with Crippen molar-refractivity contribution in [3.05, 3.63) is 35.1 Å². The van der Waals surface area contributed by atoms with E-state index in [1.807, 2.05) is 11.9 Å². The van der Waals surface area contributed by atoms with Gasteiger partial charge in [-0.15, -0.1) is 0 Å². The van der Waals surface area contributed by atoms with Crippen LogP contribution in [0, 0.1) is 5.82 Å². The molecule has 1 aliphatic rings. The molecule has 92 valence electrons. The molecule has 0 atom stereocenters. The molecule has 1 aliphatic heterocycles. The fourth-order valence-electron chi connectivity index (χ4n) is 1.73. The van der Waals surface area contributed by atoms with Crippen LogP contribution in [0.1, 0.15) is 11.1 Å². The smallest absolute Gasteiger partial charge is 0.194 e. The van der Waals surface area contributed by atoms with E-state index in [1.54, 1.807) is 12.1 Å². The molecule has 1 heterocycles. The Morgan fingerprint density at radius 2 is 2.35 bits per heavy atom. The zero-order valence-corrected chi connectivity index (χ0v) is 9.78. The molecule has 0 fully saturated rings. The lowest BCUT2D eigenvalue weighted by atomic mass is 10.1. The Balaban J connectivity index is 1.97. The van der Waals surface area contributed by atoms with E-state index in [4.69, 9.17) is 5.11 Å². The van der Waals surface area contributed by atoms with E-state index in [-0.39, 0.29) is 12.4 Å². The molecule has 0 aromatic heterocycles. The first-order valence-electron chi connectivity index (χ1n) is 5.58. The van der Waals surface area contributed by atoms with Crippen LogP contribution in [0.15, 0.2) is 23.2 Å². The minimum absolute atomic E-state index is 0.269. The molecule has 4 nitrogen and oxygen atoms in total. The van der Waals surface area contributed by atoms with Crippen LogP contribution >= 0.6 is 0 Å². The number of hydrogen-bond acceptors (Lipinski definition) is 4. The zero-order chi connectivity index (χ0) is 12.3. The number of nitrogens with zero attached hydrogens (tertiary/aromatic N) is 2. The van der Waals surface area contributed by atoms with E-state index < -0.39 is 0 Å². The average molecular weight is 237 g/mol. The minimum Gasteiger partial charge on any atom is -0.392 e. The van der Waals surface area contributed by atoms with Crippen molar-refractivity contribution in [1.82, 2.24) is 10.2 Å². The highest BCUT2D eigenvalue weighted by atomic mass is 19.1. The fourth-order valence-corrected chi connectivity index (χ4v) is 1.73. The van der Waals surface area contributed by atoms with Crippen LogP contribution in [0.4, 0.5) is 4.39 Å². The molecule has 0 saturated carbocycles. The number of aliphatic imine (C=N–C) groups is 1. The molecule has 0 unspecified atom stereocenters. The third kappa shape index (κ3) is 2.74. The van der Waals surface area contributed by atoms with Gasteiger partial charge in [-0.1, -0.05) is 12.1 Å². The standard InChI is InChI=1S/C12H16FN3O/c1-16-5-4-14-12(16)15-7-9-2-3-10(8-17)11(13)6-9/h2-3,6,17H,4-5,7-8H2,1H3,(H,14,15). The van der Waals surface area contributed by atoms with E-state index in [0.717, 1.165) is 24.6 Å². The second-order valence-corrected chi connectivity index (χ2v) is 4.06. The molecule has 0 bridgehead atoms. The minimum atomic E-state index is -0.367. The maximum Gasteiger partial charge on any atom is 0.194 e. The average Bonchev–Trinajstić information content (AvgIpc) is 2.72. The summed E-state index contributed by atoms with van der Waals surface area (Å²) in [5.41, 5.74) is 1.16. The Kier molecular flexibility index (Phi) is 3.58. The molecule has 1 aromatic rings. The zero-order valence-electron chi connectivity index (χ0n) is 9.78. The molecular weight excluding hydrogens is 221 g/mol. The van der Waals surface area contributed by atoms with E-state index in [9.17, 15) is 4.39 Å². The number of rotatable bonds is 3. The molecule has 2 rings (SSSR count). The van der Waals surface area contributed by atoms with Gasteiger partial charge < -0.3 is 15.3 Å². The predicted molar refractivity (Wildman–Crippen MR) is 64.1 cm³/mol. The molecule has 0 aliphatic carbocycles. The van der Waals surface area contributed by atoms with E-state index in [0.29, 0.717) is 12.1 Å². The van der Waals surface area contributed by atoms with Gasteiger partial charge in [0.2, 0.25) is 0 Å². The Hall–Kier alpha value is -1.62. The Morgan fingerprint density at radius 1 is 1.53 bits per heavy atom. The summed E-state index contributed by atoms with van der Waals surface area (Å²) in [4.78, 5) is 6.31. The van der Waals surface area contributed by atoms with Crippen molar-refractivity contribution < 1.29 is 9.50 Å². The van der Waals surface area contributed by atoms with Crippen LogP contribution in [0.25, 0.3) is 0 Å². The van der Waals surface area contributed by atoms with Crippen molar-refractivity contribution in [1.29, 1.82) is 0 Å². The number of nitrogens with one attached hydrogen (secondary N) is 1. The highest BCUT2D eigenvalue weighted by Gasteiger charge is 2.11. The number of halogens is 1. The summed E-state index contributed by atoms with van der Waals surface area (Å²) < 4.78 is 13.4. The van der Waals surface area contributed by atoms with Crippen LogP contribution in [-0.4, -0.2) is 36.1 Å². The third-order valence-corrected chi connectivity index (χ3v) is 2.80. The van der Waals surface area contributed by atoms with E-state index >= 15 is 0 Å². The summed E-state index contributed by atoms with van der Waals surface area (Å²) >= 11 is 0. The Morgan fingerprint density at radius 3 is 2.94 bits per heavy atom. The van der Waals surface area contributed by atoms with Crippen molar-refractivity contribution in [2.24, 2.45) is 4.99 Å². The third-order valence-electron chi connectivity index (χ3n) is 2.80. The molecule has 5 heteroatoms. The quantitative estimate of drug-likeness (QED) is 0.814. The highest BCUT2D eigenvalue weighted by Crippen LogP contribution is 2.10. The maximum atomic E-state index is 13.4. The number of aliphatic hydroxyl groups excluding tert-OH is 1. The fraction of sp³-hybridized carbons (Fsp3) is 0.417. The summed E-state index contributed by atoms with van der Waals surface area (Å²) in [6, 6.07) is 4.84. The summed E-state index contributed by atoms with van der Waals surface area (Å²) in [5.74, 6) is 0.477. The van der Waals surface area contributed by atoms with Crippen LogP contribution in [0.5, 0.6) is 0 Å². The van der Waals surface area contributed by atoms with Gasteiger partial charge in [-0.2, -0.15) is 0 Å². The molecule has 0 radical (unpaired) electrons. The van der Waals surface area contributed by atoms with Gasteiger partial charge in [0.15, 0.2) is 5.96 Å². The first kappa shape index (κ1) is 11.9. The van der Waals surface area contributed by atoms with Crippen molar-refractivity contribution in [3.63, 3.8) is 0 Å². The van der Waals surface area contributed by atoms with E-state index in [2.05, 4.69) is 10.3 Å². The van der Waals surface area contributed by atoms with Crippen LogP contribution in [-0.2, 0) is 13.2 Å². The topological polar surface area (TPSA) is 47.9 Å². The summed E-state index contributed by atoms with van der Waals surface area (Å²) in [7, 11) is 1.97. The Labute approximate surface area is 99.8 Å². The largest absolute Gasteiger partial charge is 0.392 e. The first-order chi connectivity index (χ1) is 8.20. The maximum absolute atomic E-state index is 13.4. The first-order valence-corrected chi connectivity index (χ1v) is 5.58. The molecule has 17 heavy (non-hydrogen) atoms. The van der Waals surface area contributed by atoms with Crippen molar-refractivity contribution >= 4 is 5.96 Å². The van der Waals surface area contributed by atoms with Gasteiger partial charge in [-0.25, -0.2) is 4.39 Å². The van der Waals surface area contributed by atoms with Crippen LogP contribution in [0.2, 0.25) is 0 Å². The summed E-state index contributed by atoms with van der Waals surface area (Å²) in [5, 5.41) is 12.0. The molecule has 1 aromatic carbocycles. The normalized spacial score (nSPS) is 15.0. The molecule has 0 spiro atoms. The van der Waals surface area contributed by atoms with Gasteiger partial charge in [0.1, 0.15) is 5.82 Å².